The van der Waals surface area contributed by atoms with Crippen molar-refractivity contribution in [3.8, 4) is 5.75 Å². The van der Waals surface area contributed by atoms with Crippen LogP contribution in [-0.2, 0) is 14.3 Å². The van der Waals surface area contributed by atoms with Crippen molar-refractivity contribution in [2.24, 2.45) is 0 Å². The van der Waals surface area contributed by atoms with Crippen LogP contribution in [0.4, 0.5) is 0 Å². The monoisotopic (exact) mass is 308 g/mol. The predicted molar refractivity (Wildman–Crippen MR) is 87.1 cm³/mol. The van der Waals surface area contributed by atoms with Gasteiger partial charge >= 0.3 is 5.97 Å². The Morgan fingerprint density at radius 3 is 2.32 bits per heavy atom. The molecule has 1 rings (SSSR count). The molecule has 0 aliphatic rings. The van der Waals surface area contributed by atoms with Crippen LogP contribution in [0.15, 0.2) is 24.3 Å². The lowest BCUT2D eigenvalue weighted by Crippen LogP contribution is -2.19. The lowest BCUT2D eigenvalue weighted by molar-refractivity contribution is -0.157. The molecular weight excluding hydrogens is 280 g/mol. The van der Waals surface area contributed by atoms with Crippen LogP contribution in [0.25, 0.3) is 0 Å². The van der Waals surface area contributed by atoms with E-state index in [4.69, 9.17) is 14.2 Å². The van der Waals surface area contributed by atoms with Crippen LogP contribution >= 0.6 is 0 Å². The minimum absolute atomic E-state index is 0.349. The minimum Gasteiger partial charge on any atom is -0.494 e. The van der Waals surface area contributed by atoms with Gasteiger partial charge in [-0.25, -0.2) is 4.79 Å². The minimum atomic E-state index is -0.663. The highest BCUT2D eigenvalue weighted by Gasteiger charge is 2.22. The number of ether oxygens (including phenoxy) is 3. The van der Waals surface area contributed by atoms with Crippen molar-refractivity contribution in [1.29, 1.82) is 0 Å². The van der Waals surface area contributed by atoms with E-state index in [1.807, 2.05) is 31.2 Å². The Morgan fingerprint density at radius 2 is 1.73 bits per heavy atom. The molecule has 0 aliphatic heterocycles. The zero-order valence-corrected chi connectivity index (χ0v) is 14.0. The number of carbonyl (C=O) groups excluding carboxylic acids is 1. The molecule has 1 unspecified atom stereocenters. The second-order valence-electron chi connectivity index (χ2n) is 5.07. The Hall–Kier alpha value is -1.55. The van der Waals surface area contributed by atoms with Crippen molar-refractivity contribution in [2.75, 3.05) is 19.8 Å². The van der Waals surface area contributed by atoms with Crippen molar-refractivity contribution < 1.29 is 19.0 Å². The molecule has 0 saturated carbocycles. The first kappa shape index (κ1) is 18.5. The Labute approximate surface area is 133 Å². The zero-order chi connectivity index (χ0) is 16.2. The molecule has 0 aromatic heterocycles. The third-order valence-corrected chi connectivity index (χ3v) is 3.28. The van der Waals surface area contributed by atoms with Gasteiger partial charge in [0.2, 0.25) is 0 Å². The Balaban J connectivity index is 2.55. The molecule has 1 aromatic carbocycles. The van der Waals surface area contributed by atoms with Gasteiger partial charge < -0.3 is 14.2 Å². The highest BCUT2D eigenvalue weighted by molar-refractivity contribution is 5.76. The highest BCUT2D eigenvalue weighted by atomic mass is 16.6. The third-order valence-electron chi connectivity index (χ3n) is 3.28. The molecule has 124 valence electrons. The molecule has 0 radical (unpaired) electrons. The van der Waals surface area contributed by atoms with Crippen molar-refractivity contribution in [3.63, 3.8) is 0 Å². The van der Waals surface area contributed by atoms with Crippen LogP contribution in [0.3, 0.4) is 0 Å². The SMILES string of the molecule is CCCCCCOc1ccc(C(OCC)C(=O)OCC)cc1. The average Bonchev–Trinajstić information content (AvgIpc) is 2.53. The van der Waals surface area contributed by atoms with E-state index in [-0.39, 0.29) is 5.97 Å². The van der Waals surface area contributed by atoms with Crippen LogP contribution in [0, 0.1) is 0 Å². The molecule has 0 heterocycles. The normalized spacial score (nSPS) is 12.0. The number of hydrogen-bond donors (Lipinski definition) is 0. The first-order chi connectivity index (χ1) is 10.7. The van der Waals surface area contributed by atoms with E-state index in [2.05, 4.69) is 6.92 Å². The van der Waals surface area contributed by atoms with Crippen LogP contribution < -0.4 is 4.74 Å². The zero-order valence-electron chi connectivity index (χ0n) is 14.0. The summed E-state index contributed by atoms with van der Waals surface area (Å²) < 4.78 is 16.2. The van der Waals surface area contributed by atoms with Crippen LogP contribution in [0.2, 0.25) is 0 Å². The molecule has 4 heteroatoms. The van der Waals surface area contributed by atoms with E-state index >= 15 is 0 Å². The van der Waals surface area contributed by atoms with Gasteiger partial charge in [0.15, 0.2) is 6.10 Å². The molecule has 4 nitrogen and oxygen atoms in total. The summed E-state index contributed by atoms with van der Waals surface area (Å²) in [6, 6.07) is 7.47. The first-order valence-electron chi connectivity index (χ1n) is 8.23. The summed E-state index contributed by atoms with van der Waals surface area (Å²) in [7, 11) is 0. The predicted octanol–water partition coefficient (Wildman–Crippen LogP) is 4.29. The molecule has 0 fully saturated rings. The Morgan fingerprint density at radius 1 is 1.00 bits per heavy atom. The van der Waals surface area contributed by atoms with Gasteiger partial charge in [0, 0.05) is 6.61 Å². The Kier molecular flexibility index (Phi) is 9.31. The summed E-state index contributed by atoms with van der Waals surface area (Å²) in [5.41, 5.74) is 0.790. The summed E-state index contributed by atoms with van der Waals surface area (Å²) >= 11 is 0. The standard InChI is InChI=1S/C18H28O4/c1-4-7-8-9-14-22-16-12-10-15(11-13-16)17(20-5-2)18(19)21-6-3/h10-13,17H,4-9,14H2,1-3H3. The fraction of sp³-hybridized carbons (Fsp3) is 0.611. The van der Waals surface area contributed by atoms with Crippen LogP contribution in [0.1, 0.15) is 58.1 Å². The first-order valence-corrected chi connectivity index (χ1v) is 8.23. The number of unbranched alkanes of at least 4 members (excludes halogenated alkanes) is 3. The summed E-state index contributed by atoms with van der Waals surface area (Å²) in [6.07, 6.45) is 4.08. The lowest BCUT2D eigenvalue weighted by atomic mass is 10.1. The van der Waals surface area contributed by atoms with E-state index < -0.39 is 6.10 Å². The van der Waals surface area contributed by atoms with Gasteiger partial charge in [-0.1, -0.05) is 38.3 Å². The molecule has 22 heavy (non-hydrogen) atoms. The van der Waals surface area contributed by atoms with Crippen molar-refractivity contribution in [1.82, 2.24) is 0 Å². The van der Waals surface area contributed by atoms with E-state index in [0.717, 1.165) is 24.3 Å². The number of esters is 1. The summed E-state index contributed by atoms with van der Waals surface area (Å²) in [4.78, 5) is 11.9. The van der Waals surface area contributed by atoms with Crippen molar-refractivity contribution in [2.45, 2.75) is 52.6 Å². The number of benzene rings is 1. The molecule has 0 amide bonds. The van der Waals surface area contributed by atoms with Gasteiger partial charge in [-0.2, -0.15) is 0 Å². The molecular formula is C18H28O4. The van der Waals surface area contributed by atoms with Gasteiger partial charge in [-0.15, -0.1) is 0 Å². The van der Waals surface area contributed by atoms with Crippen molar-refractivity contribution >= 4 is 5.97 Å². The van der Waals surface area contributed by atoms with Gasteiger partial charge in [0.05, 0.1) is 13.2 Å². The molecule has 0 spiro atoms. The maximum atomic E-state index is 11.9. The highest BCUT2D eigenvalue weighted by Crippen LogP contribution is 2.22. The molecule has 0 N–H and O–H groups in total. The van der Waals surface area contributed by atoms with Gasteiger partial charge in [-0.3, -0.25) is 0 Å². The fourth-order valence-electron chi connectivity index (χ4n) is 2.14. The largest absolute Gasteiger partial charge is 0.494 e. The van der Waals surface area contributed by atoms with E-state index in [1.54, 1.807) is 6.92 Å². The maximum absolute atomic E-state index is 11.9. The fourth-order valence-corrected chi connectivity index (χ4v) is 2.14. The van der Waals surface area contributed by atoms with Crippen molar-refractivity contribution in [3.05, 3.63) is 29.8 Å². The second-order valence-corrected chi connectivity index (χ2v) is 5.07. The Bertz CT molecular complexity index is 414. The number of carbonyl (C=O) groups is 1. The summed E-state index contributed by atoms with van der Waals surface area (Å²) in [5, 5.41) is 0. The topological polar surface area (TPSA) is 44.8 Å². The van der Waals surface area contributed by atoms with Gasteiger partial charge in [0.1, 0.15) is 5.75 Å². The molecule has 1 atom stereocenters. The molecule has 0 saturated heterocycles. The molecule has 1 aromatic rings. The van der Waals surface area contributed by atoms with E-state index in [9.17, 15) is 4.79 Å². The molecule has 0 bridgehead atoms. The van der Waals surface area contributed by atoms with Gasteiger partial charge in [-0.05, 0) is 38.0 Å². The number of hydrogen-bond acceptors (Lipinski definition) is 4. The second kappa shape index (κ2) is 11.1. The third kappa shape index (κ3) is 6.48. The quantitative estimate of drug-likeness (QED) is 0.452. The van der Waals surface area contributed by atoms with E-state index in [1.165, 1.54) is 19.3 Å². The molecule has 0 aliphatic carbocycles. The summed E-state index contributed by atoms with van der Waals surface area (Å²) in [5.74, 6) is 0.469. The average molecular weight is 308 g/mol. The van der Waals surface area contributed by atoms with Gasteiger partial charge in [0.25, 0.3) is 0 Å². The van der Waals surface area contributed by atoms with Crippen LogP contribution in [-0.4, -0.2) is 25.8 Å². The smallest absolute Gasteiger partial charge is 0.339 e. The van der Waals surface area contributed by atoms with E-state index in [0.29, 0.717) is 13.2 Å². The lowest BCUT2D eigenvalue weighted by Gasteiger charge is -2.16. The number of rotatable bonds is 11. The van der Waals surface area contributed by atoms with Crippen LogP contribution in [0.5, 0.6) is 5.75 Å². The summed E-state index contributed by atoms with van der Waals surface area (Å²) in [6.45, 7) is 7.38. The maximum Gasteiger partial charge on any atom is 0.339 e.